The van der Waals surface area contributed by atoms with Crippen LogP contribution in [0.2, 0.25) is 0 Å². The second-order valence-electron chi connectivity index (χ2n) is 6.29. The van der Waals surface area contributed by atoms with Crippen LogP contribution in [0.1, 0.15) is 16.8 Å². The Morgan fingerprint density at radius 1 is 1.04 bits per heavy atom. The summed E-state index contributed by atoms with van der Waals surface area (Å²) < 4.78 is 39.2. The lowest BCUT2D eigenvalue weighted by Crippen LogP contribution is -2.32. The maximum atomic E-state index is 12.6. The molecule has 0 radical (unpaired) electrons. The summed E-state index contributed by atoms with van der Waals surface area (Å²) >= 11 is 0. The molecule has 2 aromatic carbocycles. The standard InChI is InChI=1S/C19H18F3N3O/c1-13-16-5-3-4-6-17(16)18(26)25(23-13)12-24(2)11-14-7-9-15(10-8-14)19(20,21)22/h3-10H,11-12H2,1-2H3. The van der Waals surface area contributed by atoms with Gasteiger partial charge in [0.15, 0.2) is 0 Å². The second kappa shape index (κ2) is 6.92. The van der Waals surface area contributed by atoms with Crippen molar-refractivity contribution in [1.82, 2.24) is 14.7 Å². The Hall–Kier alpha value is -2.67. The first-order valence-electron chi connectivity index (χ1n) is 8.07. The predicted octanol–water partition coefficient (Wildman–Crippen LogP) is 3.81. The van der Waals surface area contributed by atoms with E-state index in [-0.39, 0.29) is 12.2 Å². The van der Waals surface area contributed by atoms with Crippen LogP contribution in [0.3, 0.4) is 0 Å². The van der Waals surface area contributed by atoms with Crippen LogP contribution in [-0.4, -0.2) is 21.7 Å². The van der Waals surface area contributed by atoms with Crippen LogP contribution in [-0.2, 0) is 19.4 Å². The summed E-state index contributed by atoms with van der Waals surface area (Å²) in [5.41, 5.74) is 0.617. The molecule has 1 heterocycles. The smallest absolute Gasteiger partial charge is 0.283 e. The third kappa shape index (κ3) is 3.77. The van der Waals surface area contributed by atoms with E-state index in [2.05, 4.69) is 5.10 Å². The average molecular weight is 361 g/mol. The number of halogens is 3. The molecule has 3 aromatic rings. The number of rotatable bonds is 4. The van der Waals surface area contributed by atoms with E-state index in [1.54, 1.807) is 19.2 Å². The number of hydrogen-bond donors (Lipinski definition) is 0. The lowest BCUT2D eigenvalue weighted by atomic mass is 10.1. The van der Waals surface area contributed by atoms with Crippen LogP contribution in [0.4, 0.5) is 13.2 Å². The molecule has 0 unspecified atom stereocenters. The molecule has 0 saturated heterocycles. The van der Waals surface area contributed by atoms with E-state index in [9.17, 15) is 18.0 Å². The molecule has 0 aliphatic heterocycles. The average Bonchev–Trinajstić information content (AvgIpc) is 2.59. The number of nitrogens with zero attached hydrogens (tertiary/aromatic N) is 3. The number of aryl methyl sites for hydroxylation is 1. The fraction of sp³-hybridized carbons (Fsp3) is 0.263. The minimum absolute atomic E-state index is 0.189. The summed E-state index contributed by atoms with van der Waals surface area (Å²) in [5, 5.41) is 5.76. The van der Waals surface area contributed by atoms with Crippen molar-refractivity contribution in [3.8, 4) is 0 Å². The van der Waals surface area contributed by atoms with Crippen LogP contribution >= 0.6 is 0 Å². The monoisotopic (exact) mass is 361 g/mol. The molecule has 1 aromatic heterocycles. The Morgan fingerprint density at radius 2 is 1.65 bits per heavy atom. The zero-order valence-corrected chi connectivity index (χ0v) is 14.4. The molecule has 0 saturated carbocycles. The van der Waals surface area contributed by atoms with Gasteiger partial charge in [0, 0.05) is 11.9 Å². The number of benzene rings is 2. The van der Waals surface area contributed by atoms with E-state index in [4.69, 9.17) is 0 Å². The zero-order chi connectivity index (χ0) is 18.9. The summed E-state index contributed by atoms with van der Waals surface area (Å²) in [6.07, 6.45) is -4.34. The number of hydrogen-bond acceptors (Lipinski definition) is 3. The molecule has 0 atom stereocenters. The van der Waals surface area contributed by atoms with Crippen molar-refractivity contribution >= 4 is 10.8 Å². The van der Waals surface area contributed by atoms with Gasteiger partial charge in [0.1, 0.15) is 0 Å². The molecule has 7 heteroatoms. The van der Waals surface area contributed by atoms with Crippen LogP contribution in [0, 0.1) is 6.92 Å². The molecule has 0 fully saturated rings. The van der Waals surface area contributed by atoms with Crippen molar-refractivity contribution in [2.45, 2.75) is 26.3 Å². The van der Waals surface area contributed by atoms with Crippen LogP contribution < -0.4 is 5.56 Å². The minimum atomic E-state index is -4.34. The molecular weight excluding hydrogens is 343 g/mol. The Kier molecular flexibility index (Phi) is 4.82. The topological polar surface area (TPSA) is 38.1 Å². The Balaban J connectivity index is 1.78. The largest absolute Gasteiger partial charge is 0.416 e. The molecule has 0 amide bonds. The van der Waals surface area contributed by atoms with Crippen LogP contribution in [0.5, 0.6) is 0 Å². The summed E-state index contributed by atoms with van der Waals surface area (Å²) in [7, 11) is 1.79. The molecule has 0 bridgehead atoms. The highest BCUT2D eigenvalue weighted by Crippen LogP contribution is 2.29. The van der Waals surface area contributed by atoms with Gasteiger partial charge in [0.2, 0.25) is 0 Å². The quantitative estimate of drug-likeness (QED) is 0.709. The van der Waals surface area contributed by atoms with Gasteiger partial charge in [-0.2, -0.15) is 18.3 Å². The summed E-state index contributed by atoms with van der Waals surface area (Å²) in [6.45, 7) is 2.48. The van der Waals surface area contributed by atoms with Crippen molar-refractivity contribution in [2.24, 2.45) is 0 Å². The third-order valence-corrected chi connectivity index (χ3v) is 4.16. The van der Waals surface area contributed by atoms with Gasteiger partial charge in [-0.05, 0) is 37.7 Å². The van der Waals surface area contributed by atoms with Gasteiger partial charge in [-0.1, -0.05) is 30.3 Å². The Bertz CT molecular complexity index is 978. The molecule has 26 heavy (non-hydrogen) atoms. The molecular formula is C19H18F3N3O. The zero-order valence-electron chi connectivity index (χ0n) is 14.4. The van der Waals surface area contributed by atoms with Crippen molar-refractivity contribution < 1.29 is 13.2 Å². The van der Waals surface area contributed by atoms with Crippen molar-refractivity contribution in [1.29, 1.82) is 0 Å². The van der Waals surface area contributed by atoms with Crippen molar-refractivity contribution in [3.63, 3.8) is 0 Å². The van der Waals surface area contributed by atoms with Gasteiger partial charge in [0.25, 0.3) is 5.56 Å². The highest BCUT2D eigenvalue weighted by atomic mass is 19.4. The highest BCUT2D eigenvalue weighted by Gasteiger charge is 2.29. The normalized spacial score (nSPS) is 12.1. The van der Waals surface area contributed by atoms with Gasteiger partial charge >= 0.3 is 6.18 Å². The van der Waals surface area contributed by atoms with Crippen LogP contribution in [0.15, 0.2) is 53.3 Å². The molecule has 0 aliphatic rings. The number of alkyl halides is 3. The molecule has 0 spiro atoms. The molecule has 0 aliphatic carbocycles. The summed E-state index contributed by atoms with van der Waals surface area (Å²) in [5.74, 6) is 0. The van der Waals surface area contributed by atoms with Gasteiger partial charge in [-0.15, -0.1) is 0 Å². The second-order valence-corrected chi connectivity index (χ2v) is 6.29. The van der Waals surface area contributed by atoms with Crippen molar-refractivity contribution in [2.75, 3.05) is 7.05 Å². The van der Waals surface area contributed by atoms with E-state index in [1.165, 1.54) is 16.8 Å². The van der Waals surface area contributed by atoms with Gasteiger partial charge in [-0.25, -0.2) is 4.68 Å². The minimum Gasteiger partial charge on any atom is -0.283 e. The predicted molar refractivity (Wildman–Crippen MR) is 93.7 cm³/mol. The first kappa shape index (κ1) is 18.1. The molecule has 4 nitrogen and oxygen atoms in total. The van der Waals surface area contributed by atoms with E-state index in [1.807, 2.05) is 24.0 Å². The molecule has 3 rings (SSSR count). The Morgan fingerprint density at radius 3 is 2.27 bits per heavy atom. The SMILES string of the molecule is Cc1nn(CN(C)Cc2ccc(C(F)(F)F)cc2)c(=O)c2ccccc12. The number of aromatic nitrogens is 2. The fourth-order valence-corrected chi connectivity index (χ4v) is 2.89. The van der Waals surface area contributed by atoms with E-state index in [0.29, 0.717) is 11.9 Å². The first-order valence-corrected chi connectivity index (χ1v) is 8.07. The molecule has 136 valence electrons. The van der Waals surface area contributed by atoms with Gasteiger partial charge in [0.05, 0.1) is 23.3 Å². The Labute approximate surface area is 148 Å². The third-order valence-electron chi connectivity index (χ3n) is 4.16. The molecule has 0 N–H and O–H groups in total. The summed E-state index contributed by atoms with van der Waals surface area (Å²) in [4.78, 5) is 14.4. The van der Waals surface area contributed by atoms with Crippen molar-refractivity contribution in [3.05, 3.63) is 75.7 Å². The van der Waals surface area contributed by atoms with E-state index < -0.39 is 11.7 Å². The van der Waals surface area contributed by atoms with Gasteiger partial charge < -0.3 is 0 Å². The maximum Gasteiger partial charge on any atom is 0.416 e. The van der Waals surface area contributed by atoms with Crippen LogP contribution in [0.25, 0.3) is 10.8 Å². The van der Waals surface area contributed by atoms with Gasteiger partial charge in [-0.3, -0.25) is 9.69 Å². The lowest BCUT2D eigenvalue weighted by molar-refractivity contribution is -0.137. The number of fused-ring (bicyclic) bond motifs is 1. The highest BCUT2D eigenvalue weighted by molar-refractivity contribution is 5.83. The maximum absolute atomic E-state index is 12.6. The first-order chi connectivity index (χ1) is 12.3. The van der Waals surface area contributed by atoms with E-state index >= 15 is 0 Å². The van der Waals surface area contributed by atoms with E-state index in [0.717, 1.165) is 28.8 Å². The lowest BCUT2D eigenvalue weighted by Gasteiger charge is -2.18. The fourth-order valence-electron chi connectivity index (χ4n) is 2.89. The summed E-state index contributed by atoms with van der Waals surface area (Å²) in [6, 6.07) is 12.3.